The van der Waals surface area contributed by atoms with Crippen molar-refractivity contribution < 1.29 is 0 Å². The van der Waals surface area contributed by atoms with Crippen LogP contribution in [0, 0.1) is 0 Å². The highest BCUT2D eigenvalue weighted by atomic mass is 15.1. The van der Waals surface area contributed by atoms with Gasteiger partial charge in [-0.2, -0.15) is 0 Å². The summed E-state index contributed by atoms with van der Waals surface area (Å²) in [5.74, 6) is 0.913. The molecule has 0 radical (unpaired) electrons. The Hall–Kier alpha value is -6.26. The fourth-order valence-electron chi connectivity index (χ4n) is 7.67. The first-order valence-corrected chi connectivity index (χ1v) is 18.8. The van der Waals surface area contributed by atoms with Gasteiger partial charge in [0, 0.05) is 44.9 Å². The molecule has 6 aromatic carbocycles. The minimum Gasteiger partial charge on any atom is -0.354 e. The van der Waals surface area contributed by atoms with Crippen LogP contribution in [0.4, 0.5) is 0 Å². The molecule has 9 aromatic rings. The lowest BCUT2D eigenvalue weighted by atomic mass is 9.83. The molecule has 54 heavy (non-hydrogen) atoms. The second kappa shape index (κ2) is 12.7. The number of H-pyrrole nitrogens is 1. The number of nitrogens with one attached hydrogen (secondary N) is 1. The zero-order valence-electron chi connectivity index (χ0n) is 31.8. The predicted molar refractivity (Wildman–Crippen MR) is 227 cm³/mol. The first-order valence-electron chi connectivity index (χ1n) is 18.8. The molecule has 0 aliphatic heterocycles. The van der Waals surface area contributed by atoms with Crippen molar-refractivity contribution in [1.82, 2.24) is 19.5 Å². The van der Waals surface area contributed by atoms with E-state index in [4.69, 9.17) is 9.97 Å². The molecule has 3 heterocycles. The van der Waals surface area contributed by atoms with Gasteiger partial charge < -0.3 is 4.98 Å². The Balaban J connectivity index is 1.32. The average Bonchev–Trinajstić information content (AvgIpc) is 3.76. The minimum absolute atomic E-state index is 0.0638. The third-order valence-electron chi connectivity index (χ3n) is 10.7. The lowest BCUT2D eigenvalue weighted by molar-refractivity contribution is 0.590. The Morgan fingerprint density at radius 3 is 1.96 bits per heavy atom. The molecule has 0 saturated carbocycles. The molecule has 4 nitrogen and oxygen atoms in total. The van der Waals surface area contributed by atoms with E-state index in [0.29, 0.717) is 0 Å². The maximum atomic E-state index is 5.65. The summed E-state index contributed by atoms with van der Waals surface area (Å²) in [6.07, 6.45) is 1.92. The van der Waals surface area contributed by atoms with Crippen molar-refractivity contribution in [3.8, 4) is 50.6 Å². The van der Waals surface area contributed by atoms with Gasteiger partial charge in [-0.3, -0.25) is 9.55 Å². The minimum atomic E-state index is -0.0844. The van der Waals surface area contributed by atoms with Crippen LogP contribution in [0.1, 0.15) is 52.7 Å². The highest BCUT2D eigenvalue weighted by molar-refractivity contribution is 6.12. The van der Waals surface area contributed by atoms with Crippen LogP contribution in [-0.4, -0.2) is 19.5 Å². The molecule has 3 aromatic heterocycles. The quantitative estimate of drug-likeness (QED) is 0.194. The maximum Gasteiger partial charge on any atom is 0.147 e. The molecule has 0 fully saturated rings. The smallest absolute Gasteiger partial charge is 0.147 e. The van der Waals surface area contributed by atoms with E-state index >= 15 is 0 Å². The van der Waals surface area contributed by atoms with Crippen LogP contribution < -0.4 is 0 Å². The number of pyridine rings is 1. The fraction of sp³-hybridized carbons (Fsp3) is 0.160. The Kier molecular flexibility index (Phi) is 7.90. The maximum absolute atomic E-state index is 5.65. The monoisotopic (exact) mass is 700 g/mol. The molecule has 4 heteroatoms. The van der Waals surface area contributed by atoms with Gasteiger partial charge in [0.25, 0.3) is 0 Å². The van der Waals surface area contributed by atoms with Gasteiger partial charge in [-0.1, -0.05) is 126 Å². The number of aromatic nitrogens is 4. The Bertz CT molecular complexity index is 2830. The Morgan fingerprint density at radius 1 is 0.519 bits per heavy atom. The van der Waals surface area contributed by atoms with Gasteiger partial charge in [-0.15, -0.1) is 0 Å². The summed E-state index contributed by atoms with van der Waals surface area (Å²) in [6, 6.07) is 52.3. The molecule has 1 N–H and O–H groups in total. The Labute approximate surface area is 317 Å². The molecule has 0 atom stereocenters. The van der Waals surface area contributed by atoms with E-state index in [1.165, 1.54) is 27.5 Å². The van der Waals surface area contributed by atoms with Gasteiger partial charge in [0.2, 0.25) is 0 Å². The van der Waals surface area contributed by atoms with E-state index < -0.39 is 0 Å². The van der Waals surface area contributed by atoms with Crippen molar-refractivity contribution in [2.45, 2.75) is 52.4 Å². The highest BCUT2D eigenvalue weighted by Crippen LogP contribution is 2.42. The standard InChI is InChI=1S/C50H44N4/c1-49(2,3)36-27-34(26-35(28-36)44-29-33(24-25-51-44)32-16-9-7-10-17-32)39-21-15-23-45-47(39)53-48(54(45)38-18-11-8-12-19-38)42-31-37(50(4,5)6)30-41-40-20-13-14-22-43(40)52-46(41)42/h7-31,52H,1-6H3. The lowest BCUT2D eigenvalue weighted by Gasteiger charge is -2.22. The van der Waals surface area contributed by atoms with E-state index in [-0.39, 0.29) is 10.8 Å². The van der Waals surface area contributed by atoms with Gasteiger partial charge >= 0.3 is 0 Å². The van der Waals surface area contributed by atoms with E-state index in [1.807, 2.05) is 6.20 Å². The van der Waals surface area contributed by atoms with Crippen molar-refractivity contribution in [1.29, 1.82) is 0 Å². The van der Waals surface area contributed by atoms with E-state index in [0.717, 1.165) is 67.1 Å². The first-order chi connectivity index (χ1) is 26.0. The van der Waals surface area contributed by atoms with Crippen molar-refractivity contribution in [3.05, 3.63) is 163 Å². The van der Waals surface area contributed by atoms with Crippen molar-refractivity contribution in [2.75, 3.05) is 0 Å². The number of benzene rings is 6. The third-order valence-corrected chi connectivity index (χ3v) is 10.7. The number of hydrogen-bond donors (Lipinski definition) is 1. The van der Waals surface area contributed by atoms with Gasteiger partial charge in [0.05, 0.1) is 22.2 Å². The summed E-state index contributed by atoms with van der Waals surface area (Å²) in [4.78, 5) is 14.4. The van der Waals surface area contributed by atoms with Gasteiger partial charge in [-0.25, -0.2) is 4.98 Å². The molecule has 0 saturated heterocycles. The molecular formula is C50H44N4. The first kappa shape index (κ1) is 33.6. The third kappa shape index (κ3) is 5.88. The Morgan fingerprint density at radius 2 is 1.20 bits per heavy atom. The summed E-state index contributed by atoms with van der Waals surface area (Å²) in [6.45, 7) is 13.7. The normalized spacial score (nSPS) is 12.3. The largest absolute Gasteiger partial charge is 0.354 e. The number of imidazole rings is 1. The van der Waals surface area contributed by atoms with E-state index in [1.54, 1.807) is 0 Å². The predicted octanol–water partition coefficient (Wildman–Crippen LogP) is 13.3. The molecular weight excluding hydrogens is 657 g/mol. The molecule has 0 spiro atoms. The van der Waals surface area contributed by atoms with Crippen molar-refractivity contribution >= 4 is 32.8 Å². The number of aromatic amines is 1. The topological polar surface area (TPSA) is 46.5 Å². The van der Waals surface area contributed by atoms with Crippen molar-refractivity contribution in [2.24, 2.45) is 0 Å². The molecule has 0 unspecified atom stereocenters. The highest BCUT2D eigenvalue weighted by Gasteiger charge is 2.25. The molecule has 9 rings (SSSR count). The number of rotatable bonds is 5. The van der Waals surface area contributed by atoms with Gasteiger partial charge in [0.1, 0.15) is 5.82 Å². The van der Waals surface area contributed by atoms with Gasteiger partial charge in [0.15, 0.2) is 0 Å². The summed E-state index contributed by atoms with van der Waals surface area (Å²) < 4.78 is 2.34. The molecule has 264 valence electrons. The SMILES string of the molecule is CC(C)(C)c1cc(-c2cc(-c3ccccc3)ccn2)cc(-c2cccc3c2nc(-c2cc(C(C)(C)C)cc4c2[nH]c2ccccc24)n3-c2ccccc2)c1. The summed E-state index contributed by atoms with van der Waals surface area (Å²) >= 11 is 0. The van der Waals surface area contributed by atoms with E-state index in [2.05, 4.69) is 197 Å². The molecule has 0 aliphatic carbocycles. The summed E-state index contributed by atoms with van der Waals surface area (Å²) in [7, 11) is 0. The number of para-hydroxylation sites is 3. The molecule has 0 bridgehead atoms. The van der Waals surface area contributed by atoms with E-state index in [9.17, 15) is 0 Å². The van der Waals surface area contributed by atoms with Crippen LogP contribution in [0.5, 0.6) is 0 Å². The lowest BCUT2D eigenvalue weighted by Crippen LogP contribution is -2.11. The fourth-order valence-corrected chi connectivity index (χ4v) is 7.67. The second-order valence-corrected chi connectivity index (χ2v) is 16.5. The molecule has 0 amide bonds. The number of hydrogen-bond acceptors (Lipinski definition) is 2. The van der Waals surface area contributed by atoms with Crippen LogP contribution >= 0.6 is 0 Å². The number of fused-ring (bicyclic) bond motifs is 4. The summed E-state index contributed by atoms with van der Waals surface area (Å²) in [5, 5.41) is 2.44. The average molecular weight is 701 g/mol. The zero-order chi connectivity index (χ0) is 37.2. The summed E-state index contributed by atoms with van der Waals surface area (Å²) in [5.41, 5.74) is 15.4. The van der Waals surface area contributed by atoms with Crippen LogP contribution in [0.3, 0.4) is 0 Å². The van der Waals surface area contributed by atoms with Crippen LogP contribution in [0.15, 0.2) is 152 Å². The van der Waals surface area contributed by atoms with Crippen LogP contribution in [0.2, 0.25) is 0 Å². The number of nitrogens with zero attached hydrogens (tertiary/aromatic N) is 3. The van der Waals surface area contributed by atoms with Crippen molar-refractivity contribution in [3.63, 3.8) is 0 Å². The molecule has 0 aliphatic rings. The van der Waals surface area contributed by atoms with Gasteiger partial charge in [-0.05, 0) is 99.3 Å². The van der Waals surface area contributed by atoms with Crippen LogP contribution in [-0.2, 0) is 10.8 Å². The zero-order valence-corrected chi connectivity index (χ0v) is 31.8. The second-order valence-electron chi connectivity index (χ2n) is 16.5. The van der Waals surface area contributed by atoms with Crippen LogP contribution in [0.25, 0.3) is 83.4 Å².